The molecular weight excluding hydrogens is 287 g/mol. The minimum Gasteiger partial charge on any atom is -0.333 e. The van der Waals surface area contributed by atoms with Crippen molar-refractivity contribution in [2.45, 2.75) is 45.6 Å². The molecule has 0 aliphatic carbocycles. The maximum atomic E-state index is 12.7. The van der Waals surface area contributed by atoms with Crippen molar-refractivity contribution >= 4 is 5.91 Å². The van der Waals surface area contributed by atoms with Crippen molar-refractivity contribution in [3.63, 3.8) is 0 Å². The topological polar surface area (TPSA) is 77.0 Å². The number of hydrogen-bond acceptors (Lipinski definition) is 4. The molecule has 1 aromatic rings. The molecule has 2 rings (SSSR count). The third-order valence-corrected chi connectivity index (χ3v) is 3.63. The molecule has 1 amide bonds. The summed E-state index contributed by atoms with van der Waals surface area (Å²) >= 11 is 0. The summed E-state index contributed by atoms with van der Waals surface area (Å²) in [6, 6.07) is -0.261. The van der Waals surface area contributed by atoms with E-state index in [-0.39, 0.29) is 49.7 Å². The molecule has 118 valence electrons. The number of halogens is 3. The van der Waals surface area contributed by atoms with Gasteiger partial charge in [0.1, 0.15) is 0 Å². The van der Waals surface area contributed by atoms with Gasteiger partial charge in [-0.2, -0.15) is 13.2 Å². The van der Waals surface area contributed by atoms with Gasteiger partial charge in [-0.25, -0.2) is 0 Å². The number of hydrogen-bond donors (Lipinski definition) is 1. The summed E-state index contributed by atoms with van der Waals surface area (Å²) in [5.74, 6) is -0.859. The Balaban J connectivity index is 2.07. The highest BCUT2D eigenvalue weighted by Gasteiger charge is 2.39. The lowest BCUT2D eigenvalue weighted by Gasteiger charge is -2.29. The summed E-state index contributed by atoms with van der Waals surface area (Å²) in [6.07, 6.45) is -4.35. The Labute approximate surface area is 120 Å². The number of alkyl halides is 3. The monoisotopic (exact) mass is 305 g/mol. The number of rotatable bonds is 3. The van der Waals surface area contributed by atoms with E-state index in [1.54, 1.807) is 0 Å². The van der Waals surface area contributed by atoms with Crippen LogP contribution in [0.2, 0.25) is 0 Å². The summed E-state index contributed by atoms with van der Waals surface area (Å²) < 4.78 is 39.1. The van der Waals surface area contributed by atoms with Crippen LogP contribution in [0.3, 0.4) is 0 Å². The number of carbonyl (C=O) groups is 1. The van der Waals surface area contributed by atoms with Crippen molar-refractivity contribution in [1.29, 1.82) is 0 Å². The van der Waals surface area contributed by atoms with Crippen molar-refractivity contribution in [2.75, 3.05) is 6.54 Å². The maximum absolute atomic E-state index is 12.7. The van der Waals surface area contributed by atoms with Gasteiger partial charge in [-0.05, 0) is 5.92 Å². The van der Waals surface area contributed by atoms with E-state index in [1.807, 2.05) is 13.8 Å². The summed E-state index contributed by atoms with van der Waals surface area (Å²) in [7, 11) is 0. The summed E-state index contributed by atoms with van der Waals surface area (Å²) in [6.45, 7) is 4.12. The van der Waals surface area contributed by atoms with Crippen LogP contribution in [0.25, 0.3) is 0 Å². The van der Waals surface area contributed by atoms with Crippen LogP contribution in [-0.4, -0.2) is 38.2 Å². The smallest absolute Gasteiger partial charge is 0.333 e. The van der Waals surface area contributed by atoms with E-state index < -0.39 is 12.0 Å². The minimum absolute atomic E-state index is 0.0345. The van der Waals surface area contributed by atoms with E-state index in [2.05, 4.69) is 10.2 Å². The Hall–Kier alpha value is -1.64. The van der Waals surface area contributed by atoms with Crippen LogP contribution in [0.5, 0.6) is 0 Å². The zero-order chi connectivity index (χ0) is 15.8. The van der Waals surface area contributed by atoms with Crippen LogP contribution >= 0.6 is 0 Å². The van der Waals surface area contributed by atoms with Crippen LogP contribution < -0.4 is 5.73 Å². The molecule has 1 aliphatic heterocycles. The van der Waals surface area contributed by atoms with E-state index in [4.69, 9.17) is 5.73 Å². The first-order chi connectivity index (χ1) is 9.70. The highest BCUT2D eigenvalue weighted by molar-refractivity contribution is 5.76. The van der Waals surface area contributed by atoms with E-state index in [0.29, 0.717) is 0 Å². The Morgan fingerprint density at radius 3 is 2.57 bits per heavy atom. The molecule has 1 aromatic heterocycles. The van der Waals surface area contributed by atoms with E-state index in [1.165, 1.54) is 4.90 Å². The van der Waals surface area contributed by atoms with Gasteiger partial charge in [0.25, 0.3) is 0 Å². The lowest BCUT2D eigenvalue weighted by Crippen LogP contribution is -2.42. The summed E-state index contributed by atoms with van der Waals surface area (Å²) in [5.41, 5.74) is 5.85. The number of aromatic nitrogens is 3. The zero-order valence-electron chi connectivity index (χ0n) is 11.9. The molecular formula is C12H18F3N5O. The van der Waals surface area contributed by atoms with Crippen LogP contribution in [-0.2, 0) is 24.1 Å². The molecule has 6 nitrogen and oxygen atoms in total. The molecule has 0 spiro atoms. The third-order valence-electron chi connectivity index (χ3n) is 3.63. The second kappa shape index (κ2) is 5.63. The average molecular weight is 305 g/mol. The van der Waals surface area contributed by atoms with Crippen molar-refractivity contribution in [1.82, 2.24) is 19.7 Å². The van der Waals surface area contributed by atoms with Crippen molar-refractivity contribution < 1.29 is 18.0 Å². The van der Waals surface area contributed by atoms with E-state index in [0.717, 1.165) is 4.57 Å². The molecule has 9 heteroatoms. The van der Waals surface area contributed by atoms with Crippen LogP contribution in [0.15, 0.2) is 0 Å². The number of nitrogens with two attached hydrogens (primary N) is 1. The van der Waals surface area contributed by atoms with Crippen LogP contribution in [0, 0.1) is 5.92 Å². The highest BCUT2D eigenvalue weighted by Crippen LogP contribution is 2.29. The molecule has 0 saturated carbocycles. The fourth-order valence-electron chi connectivity index (χ4n) is 2.15. The second-order valence-corrected chi connectivity index (χ2v) is 5.52. The Morgan fingerprint density at radius 2 is 2.00 bits per heavy atom. The molecule has 0 aromatic carbocycles. The molecule has 2 heterocycles. The zero-order valence-corrected chi connectivity index (χ0v) is 11.9. The van der Waals surface area contributed by atoms with E-state index in [9.17, 15) is 18.0 Å². The normalized spacial score (nSPS) is 17.0. The average Bonchev–Trinajstić information content (AvgIpc) is 2.80. The van der Waals surface area contributed by atoms with Crippen molar-refractivity contribution in [3.8, 4) is 0 Å². The summed E-state index contributed by atoms with van der Waals surface area (Å²) in [4.78, 5) is 13.6. The van der Waals surface area contributed by atoms with E-state index >= 15 is 0 Å². The lowest BCUT2D eigenvalue weighted by molar-refractivity contribution is -0.148. The third kappa shape index (κ3) is 3.34. The molecule has 0 saturated heterocycles. The van der Waals surface area contributed by atoms with Crippen LogP contribution in [0.4, 0.5) is 13.2 Å². The number of nitrogens with zero attached hydrogens (tertiary/aromatic N) is 4. The van der Waals surface area contributed by atoms with Crippen molar-refractivity contribution in [3.05, 3.63) is 11.6 Å². The van der Waals surface area contributed by atoms with Crippen LogP contribution in [0.1, 0.15) is 31.9 Å². The van der Waals surface area contributed by atoms with Gasteiger partial charge < -0.3 is 15.2 Å². The second-order valence-electron chi connectivity index (χ2n) is 5.52. The first kappa shape index (κ1) is 15.7. The van der Waals surface area contributed by atoms with Gasteiger partial charge in [0.05, 0.1) is 6.54 Å². The first-order valence-electron chi connectivity index (χ1n) is 6.72. The molecule has 21 heavy (non-hydrogen) atoms. The van der Waals surface area contributed by atoms with Gasteiger partial charge >= 0.3 is 6.18 Å². The lowest BCUT2D eigenvalue weighted by atomic mass is 10.0. The standard InChI is InChI=1S/C12H18F3N5O/c1-7(2)8(16)5-10(21)19-3-4-20-9(6-19)17-18-11(20)12(13,14)15/h7-8H,3-6,16H2,1-2H3. The molecule has 2 N–H and O–H groups in total. The maximum Gasteiger partial charge on any atom is 0.451 e. The molecule has 0 bridgehead atoms. The van der Waals surface area contributed by atoms with Gasteiger partial charge in [0.2, 0.25) is 11.7 Å². The number of carbonyl (C=O) groups excluding carboxylic acids is 1. The minimum atomic E-state index is -4.53. The van der Waals surface area contributed by atoms with Gasteiger partial charge in [0, 0.05) is 25.6 Å². The van der Waals surface area contributed by atoms with Gasteiger partial charge in [-0.1, -0.05) is 13.8 Å². The van der Waals surface area contributed by atoms with Crippen molar-refractivity contribution in [2.24, 2.45) is 11.7 Å². The first-order valence-corrected chi connectivity index (χ1v) is 6.72. The number of amides is 1. The quantitative estimate of drug-likeness (QED) is 0.904. The highest BCUT2D eigenvalue weighted by atomic mass is 19.4. The van der Waals surface area contributed by atoms with Gasteiger partial charge in [-0.15, -0.1) is 10.2 Å². The Morgan fingerprint density at radius 1 is 1.33 bits per heavy atom. The molecule has 1 atom stereocenters. The molecule has 1 aliphatic rings. The fourth-order valence-corrected chi connectivity index (χ4v) is 2.15. The predicted molar refractivity (Wildman–Crippen MR) is 67.9 cm³/mol. The largest absolute Gasteiger partial charge is 0.451 e. The Kier molecular flexibility index (Phi) is 4.22. The van der Waals surface area contributed by atoms with Gasteiger partial charge in [0.15, 0.2) is 5.82 Å². The fraction of sp³-hybridized carbons (Fsp3) is 0.750. The molecule has 0 radical (unpaired) electrons. The molecule has 0 fully saturated rings. The molecule has 1 unspecified atom stereocenters. The SMILES string of the molecule is CC(C)C(N)CC(=O)N1CCn2c(nnc2C(F)(F)F)C1. The summed E-state index contributed by atoms with van der Waals surface area (Å²) in [5, 5.41) is 6.72. The number of fused-ring (bicyclic) bond motifs is 1. The predicted octanol–water partition coefficient (Wildman–Crippen LogP) is 1.01. The Bertz CT molecular complexity index is 525. The van der Waals surface area contributed by atoms with Gasteiger partial charge in [-0.3, -0.25) is 4.79 Å².